The minimum atomic E-state index is -0.223. The van der Waals surface area contributed by atoms with Crippen LogP contribution < -0.4 is 0 Å². The second-order valence-corrected chi connectivity index (χ2v) is 36.5. The second kappa shape index (κ2) is 59.9. The van der Waals surface area contributed by atoms with E-state index in [9.17, 15) is 0 Å². The molecule has 0 bridgehead atoms. The van der Waals surface area contributed by atoms with E-state index in [4.69, 9.17) is 71.1 Å². The third kappa shape index (κ3) is 34.9. The van der Waals surface area contributed by atoms with Crippen molar-refractivity contribution >= 4 is 199 Å². The maximum Gasteiger partial charge on any atom is 0.0701 e. The average Bonchev–Trinajstić information content (AvgIpc) is 1.57. The van der Waals surface area contributed by atoms with Crippen molar-refractivity contribution in [3.8, 4) is 44.5 Å². The van der Waals surface area contributed by atoms with Gasteiger partial charge in [-0.15, -0.1) is 0 Å². The van der Waals surface area contributed by atoms with Crippen LogP contribution in [0.1, 0.15) is 70.2 Å². The number of hydrogen-bond donors (Lipinski definition) is 0. The van der Waals surface area contributed by atoms with Crippen LogP contribution in [-0.2, 0) is 88.3 Å². The smallest absolute Gasteiger partial charge is 0.0701 e. The standard InChI is InChI=1S/C37H48I2O6.C29H38Br2I2O6.C13H8Br2.C8H16I2O3/c1-29-3-6-31(7-4-29)32-8-10-34-33-9-5-30(2)27-35(33)37(36(34)28-32,11-15-40-19-23-44-25-21-42-17-13-38)12-16-41-20-24-45-26-22-43-18-14-39;30-23-1-3-25-26-4-2-24(31)22-28(26)29(27(25)21-23,5-9-34-13-17-38-19-15-36-11-7-32)6-10-35-14-18-39-20-16-37-12-8-33;14-10-1-3-12-8(6-10)5-9-7-11(15)2-4-13(9)12;9-1-3-11-5-7-13-8-6-12-4-2-10/h3-10,27-28H,11-26H2,1-2H3;1-4,21-22H,5-20H2;1-4,6-7H,5H2;1-8H2. The van der Waals surface area contributed by atoms with Crippen LogP contribution in [0, 0.1) is 13.8 Å². The summed E-state index contributed by atoms with van der Waals surface area (Å²) < 4.78 is 95.5. The molecule has 15 nitrogen and oxygen atoms in total. The van der Waals surface area contributed by atoms with E-state index in [0.29, 0.717) is 159 Å². The van der Waals surface area contributed by atoms with E-state index in [1.165, 1.54) is 89.0 Å². The maximum atomic E-state index is 6.20. The Morgan fingerprint density at radius 1 is 0.232 bits per heavy atom. The van der Waals surface area contributed by atoms with Crippen molar-refractivity contribution in [2.75, 3.05) is 225 Å². The van der Waals surface area contributed by atoms with Crippen molar-refractivity contribution in [3.63, 3.8) is 0 Å². The summed E-state index contributed by atoms with van der Waals surface area (Å²) in [5, 5.41) is 0. The molecule has 0 aromatic heterocycles. The SMILES string of the molecule is Brc1ccc2c(c1)C(CCOCCOCCOCCI)(CCOCCOCCOCCI)c1cc(Br)ccc1-2.Brc1ccc2c(c1)Cc1cc(Br)ccc1-2.Cc1ccc(-c2ccc3c(c2)C(CCOCCOCCOCCI)(CCOCCOCCOCCI)c2cc(C)ccc2-3)cc1.ICCOCCOCCOCCI. The molecule has 0 amide bonds. The summed E-state index contributed by atoms with van der Waals surface area (Å²) in [4.78, 5) is 0. The van der Waals surface area contributed by atoms with E-state index >= 15 is 0 Å². The topological polar surface area (TPSA) is 138 Å². The predicted molar refractivity (Wildman–Crippen MR) is 520 cm³/mol. The van der Waals surface area contributed by atoms with Gasteiger partial charge in [0.1, 0.15) is 0 Å². The first-order valence-corrected chi connectivity index (χ1v) is 50.7. The molecule has 25 heteroatoms. The Hall–Kier alpha value is 0.240. The molecular formula is C87H110Br4I6O15. The van der Waals surface area contributed by atoms with Gasteiger partial charge in [0.25, 0.3) is 0 Å². The molecule has 0 N–H and O–H groups in total. The van der Waals surface area contributed by atoms with Gasteiger partial charge in [0.05, 0.1) is 172 Å². The Kier molecular flexibility index (Phi) is 53.1. The summed E-state index contributed by atoms with van der Waals surface area (Å²) in [6, 6.07) is 48.9. The van der Waals surface area contributed by atoms with Crippen molar-refractivity contribution in [1.82, 2.24) is 0 Å². The van der Waals surface area contributed by atoms with E-state index < -0.39 is 0 Å². The Bertz CT molecular complexity index is 3580. The van der Waals surface area contributed by atoms with Gasteiger partial charge >= 0.3 is 0 Å². The molecule has 0 aliphatic heterocycles. The summed E-state index contributed by atoms with van der Waals surface area (Å²) in [6.07, 6.45) is 4.48. The van der Waals surface area contributed by atoms with E-state index in [-0.39, 0.29) is 10.8 Å². The van der Waals surface area contributed by atoms with E-state index in [1.807, 2.05) is 0 Å². The summed E-state index contributed by atoms with van der Waals surface area (Å²) >= 11 is 28.3. The third-order valence-corrected chi connectivity index (χ3v) is 23.3. The third-order valence-electron chi connectivity index (χ3n) is 18.7. The van der Waals surface area contributed by atoms with Gasteiger partial charge in [0, 0.05) is 81.7 Å². The van der Waals surface area contributed by atoms with Crippen molar-refractivity contribution in [3.05, 3.63) is 196 Å². The molecule has 0 radical (unpaired) electrons. The maximum absolute atomic E-state index is 6.20. The Morgan fingerprint density at radius 2 is 0.455 bits per heavy atom. The van der Waals surface area contributed by atoms with Gasteiger partial charge in [-0.1, -0.05) is 289 Å². The fourth-order valence-corrected chi connectivity index (χ4v) is 16.9. The second-order valence-electron chi connectivity index (χ2n) is 26.3. The fourth-order valence-electron chi connectivity index (χ4n) is 13.5. The van der Waals surface area contributed by atoms with Crippen molar-refractivity contribution in [1.29, 1.82) is 0 Å². The molecule has 3 aliphatic rings. The minimum absolute atomic E-state index is 0.208. The highest BCUT2D eigenvalue weighted by Gasteiger charge is 2.45. The van der Waals surface area contributed by atoms with Crippen LogP contribution in [-0.4, -0.2) is 225 Å². The van der Waals surface area contributed by atoms with Crippen molar-refractivity contribution in [2.45, 2.75) is 56.8 Å². The molecule has 112 heavy (non-hydrogen) atoms. The van der Waals surface area contributed by atoms with Crippen LogP contribution in [0.5, 0.6) is 0 Å². The van der Waals surface area contributed by atoms with Crippen LogP contribution in [0.3, 0.4) is 0 Å². The molecule has 0 atom stereocenters. The number of fused-ring (bicyclic) bond motifs is 9. The number of alkyl halides is 6. The molecule has 3 aliphatic carbocycles. The van der Waals surface area contributed by atoms with Gasteiger partial charge in [0.15, 0.2) is 0 Å². The minimum Gasteiger partial charge on any atom is -0.379 e. The van der Waals surface area contributed by atoms with E-state index in [2.05, 4.69) is 347 Å². The van der Waals surface area contributed by atoms with E-state index in [1.54, 1.807) is 0 Å². The molecule has 7 aromatic carbocycles. The first kappa shape index (κ1) is 99.3. The van der Waals surface area contributed by atoms with Gasteiger partial charge in [-0.3, -0.25) is 0 Å². The van der Waals surface area contributed by atoms with Gasteiger partial charge in [-0.25, -0.2) is 0 Å². The number of benzene rings is 7. The summed E-state index contributed by atoms with van der Waals surface area (Å²) in [5.41, 5.74) is 20.7. The monoisotopic (exact) mass is 2470 g/mol. The average molecular weight is 2480 g/mol. The molecule has 7 aromatic rings. The van der Waals surface area contributed by atoms with Crippen molar-refractivity contribution in [2.24, 2.45) is 0 Å². The molecule has 0 saturated heterocycles. The zero-order valence-corrected chi connectivity index (χ0v) is 83.9. The highest BCUT2D eigenvalue weighted by Crippen LogP contribution is 2.56. The predicted octanol–water partition coefficient (Wildman–Crippen LogP) is 21.9. The van der Waals surface area contributed by atoms with E-state index in [0.717, 1.165) is 116 Å². The summed E-state index contributed by atoms with van der Waals surface area (Å²) in [5.74, 6) is 0. The molecule has 0 spiro atoms. The molecule has 10 rings (SSSR count). The molecule has 0 unspecified atom stereocenters. The van der Waals surface area contributed by atoms with Gasteiger partial charge < -0.3 is 71.1 Å². The van der Waals surface area contributed by atoms with Crippen LogP contribution in [0.4, 0.5) is 0 Å². The van der Waals surface area contributed by atoms with Crippen LogP contribution in [0.25, 0.3) is 44.5 Å². The summed E-state index contributed by atoms with van der Waals surface area (Å²) in [6.45, 7) is 23.7. The molecular weight excluding hydrogens is 2370 g/mol. The number of hydrogen-bond acceptors (Lipinski definition) is 15. The molecule has 0 heterocycles. The van der Waals surface area contributed by atoms with Crippen molar-refractivity contribution < 1.29 is 71.1 Å². The number of halogens is 10. The lowest BCUT2D eigenvalue weighted by Crippen LogP contribution is -2.30. The first-order valence-electron chi connectivity index (χ1n) is 38.4. The van der Waals surface area contributed by atoms with Crippen LogP contribution in [0.15, 0.2) is 151 Å². The lowest BCUT2D eigenvalue weighted by atomic mass is 9.72. The van der Waals surface area contributed by atoms with Gasteiger partial charge in [0.2, 0.25) is 0 Å². The number of ether oxygens (including phenoxy) is 15. The summed E-state index contributed by atoms with van der Waals surface area (Å²) in [7, 11) is 0. The number of rotatable bonds is 55. The number of aryl methyl sites for hydroxylation is 2. The Morgan fingerprint density at radius 3 is 0.759 bits per heavy atom. The lowest BCUT2D eigenvalue weighted by molar-refractivity contribution is 0.00895. The molecule has 618 valence electrons. The quantitative estimate of drug-likeness (QED) is 0.0203. The fraction of sp³-hybridized carbons (Fsp3) is 0.517. The Balaban J connectivity index is 0.000000232. The largest absolute Gasteiger partial charge is 0.379 e. The molecule has 0 saturated carbocycles. The zero-order valence-electron chi connectivity index (χ0n) is 64.6. The van der Waals surface area contributed by atoms with Gasteiger partial charge in [-0.05, 0) is 178 Å². The molecule has 0 fully saturated rings. The lowest BCUT2D eigenvalue weighted by Gasteiger charge is -2.33. The van der Waals surface area contributed by atoms with Crippen LogP contribution >= 0.6 is 199 Å². The first-order chi connectivity index (χ1) is 54.9. The highest BCUT2D eigenvalue weighted by atomic mass is 127. The normalized spacial score (nSPS) is 12.9. The Labute approximate surface area is 782 Å². The highest BCUT2D eigenvalue weighted by molar-refractivity contribution is 14.1. The van der Waals surface area contributed by atoms with Crippen LogP contribution in [0.2, 0.25) is 0 Å². The van der Waals surface area contributed by atoms with Gasteiger partial charge in [-0.2, -0.15) is 0 Å². The zero-order chi connectivity index (χ0) is 79.7.